The number of rotatable bonds is 7. The molecule has 26 heavy (non-hydrogen) atoms. The monoisotopic (exact) mass is 440 g/mol. The topological polar surface area (TPSA) is 65.3 Å². The number of halogens is 2. The molecule has 1 aliphatic carbocycles. The van der Waals surface area contributed by atoms with E-state index in [0.717, 1.165) is 5.57 Å². The fraction of sp³-hybridized carbons (Fsp3) is 0.550. The van der Waals surface area contributed by atoms with E-state index in [1.807, 2.05) is 0 Å². The van der Waals surface area contributed by atoms with Crippen molar-refractivity contribution in [3.8, 4) is 11.8 Å². The molecular formula is C20H26BrClN2O2. The van der Waals surface area contributed by atoms with E-state index in [4.69, 9.17) is 21.6 Å². The largest absolute Gasteiger partial charge is 0.489 e. The molecule has 1 fully saturated rings. The van der Waals surface area contributed by atoms with Gasteiger partial charge in [-0.3, -0.25) is 0 Å². The Morgan fingerprint density at radius 2 is 2.04 bits per heavy atom. The number of aliphatic hydroxyl groups is 1. The van der Waals surface area contributed by atoms with E-state index in [0.29, 0.717) is 29.3 Å². The summed E-state index contributed by atoms with van der Waals surface area (Å²) in [6.45, 7) is 13.4. The minimum Gasteiger partial charge on any atom is -0.489 e. The molecule has 4 nitrogen and oxygen atoms in total. The van der Waals surface area contributed by atoms with Crippen molar-refractivity contribution >= 4 is 27.5 Å². The second-order valence-electron chi connectivity index (χ2n) is 8.10. The molecule has 2 N–H and O–H groups in total. The van der Waals surface area contributed by atoms with Crippen LogP contribution < -0.4 is 10.1 Å². The molecule has 0 aromatic heterocycles. The highest BCUT2D eigenvalue weighted by atomic mass is 79.9. The summed E-state index contributed by atoms with van der Waals surface area (Å²) in [6, 6.07) is 7.46. The van der Waals surface area contributed by atoms with Crippen LogP contribution in [0.15, 0.2) is 30.4 Å². The van der Waals surface area contributed by atoms with Crippen LogP contribution in [-0.4, -0.2) is 28.8 Å². The lowest BCUT2D eigenvalue weighted by atomic mass is 9.49. The Balaban J connectivity index is 2.06. The molecule has 0 radical (unpaired) electrons. The number of nitrogens with zero attached hydrogens (tertiary/aromatic N) is 1. The van der Waals surface area contributed by atoms with Gasteiger partial charge in [-0.15, -0.1) is 0 Å². The molecule has 0 aliphatic heterocycles. The predicted octanol–water partition coefficient (Wildman–Crippen LogP) is 4.64. The minimum atomic E-state index is -0.559. The van der Waals surface area contributed by atoms with E-state index in [-0.39, 0.29) is 23.0 Å². The zero-order chi connectivity index (χ0) is 19.7. The molecule has 6 heteroatoms. The summed E-state index contributed by atoms with van der Waals surface area (Å²) in [5.41, 5.74) is 1.19. The molecule has 0 amide bonds. The van der Waals surface area contributed by atoms with E-state index in [9.17, 15) is 5.11 Å². The molecule has 0 bridgehead atoms. The molecule has 2 rings (SSSR count). The Morgan fingerprint density at radius 3 is 2.54 bits per heavy atom. The van der Waals surface area contributed by atoms with Crippen molar-refractivity contribution in [2.45, 2.75) is 51.3 Å². The average Bonchev–Trinajstić information content (AvgIpc) is 2.51. The molecule has 1 aromatic rings. The van der Waals surface area contributed by atoms with E-state index in [1.165, 1.54) is 0 Å². The lowest BCUT2D eigenvalue weighted by Gasteiger charge is -2.63. The Bertz CT molecular complexity index is 709. The van der Waals surface area contributed by atoms with Gasteiger partial charge in [0.05, 0.1) is 10.6 Å². The number of nitrogens with one attached hydrogen (secondary N) is 1. The van der Waals surface area contributed by atoms with Crippen molar-refractivity contribution in [2.75, 3.05) is 6.54 Å². The van der Waals surface area contributed by atoms with Crippen molar-refractivity contribution < 1.29 is 9.84 Å². The number of benzene rings is 1. The fourth-order valence-corrected chi connectivity index (χ4v) is 4.98. The first-order chi connectivity index (χ1) is 12.0. The number of aliphatic hydroxyl groups excluding tert-OH is 1. The van der Waals surface area contributed by atoms with Crippen molar-refractivity contribution in [2.24, 2.45) is 10.8 Å². The molecule has 0 saturated heterocycles. The maximum atomic E-state index is 9.41. The summed E-state index contributed by atoms with van der Waals surface area (Å²) in [4.78, 5) is 0. The number of alkyl halides is 1. The van der Waals surface area contributed by atoms with Crippen molar-refractivity contribution in [1.82, 2.24) is 5.32 Å². The van der Waals surface area contributed by atoms with Gasteiger partial charge in [-0.05, 0) is 12.1 Å². The molecule has 142 valence electrons. The van der Waals surface area contributed by atoms with Crippen molar-refractivity contribution in [1.29, 1.82) is 5.26 Å². The normalized spacial score (nSPS) is 24.2. The molecule has 1 aromatic carbocycles. The Morgan fingerprint density at radius 1 is 1.42 bits per heavy atom. The third kappa shape index (κ3) is 4.26. The van der Waals surface area contributed by atoms with Gasteiger partial charge < -0.3 is 15.2 Å². The van der Waals surface area contributed by atoms with Crippen LogP contribution >= 0.6 is 27.5 Å². The SMILES string of the molecule is C=C(CN[C@H]1C(C)(C)[C@H](Oc2ccc(C#N)c(Cl)c2)C1(C)C)CC(O)Br. The summed E-state index contributed by atoms with van der Waals surface area (Å²) in [5, 5.41) is 21.8. The van der Waals surface area contributed by atoms with Gasteiger partial charge in [0.2, 0.25) is 0 Å². The van der Waals surface area contributed by atoms with Gasteiger partial charge in [-0.2, -0.15) is 5.26 Å². The third-order valence-corrected chi connectivity index (χ3v) is 5.80. The molecular weight excluding hydrogens is 416 g/mol. The van der Waals surface area contributed by atoms with E-state index in [1.54, 1.807) is 18.2 Å². The van der Waals surface area contributed by atoms with E-state index >= 15 is 0 Å². The maximum absolute atomic E-state index is 9.41. The van der Waals surface area contributed by atoms with Crippen LogP contribution in [0.3, 0.4) is 0 Å². The highest BCUT2D eigenvalue weighted by Crippen LogP contribution is 2.55. The van der Waals surface area contributed by atoms with Gasteiger partial charge in [0.15, 0.2) is 0 Å². The van der Waals surface area contributed by atoms with Gasteiger partial charge >= 0.3 is 0 Å². The van der Waals surface area contributed by atoms with E-state index in [2.05, 4.69) is 61.6 Å². The predicted molar refractivity (Wildman–Crippen MR) is 109 cm³/mol. The Labute approximate surface area is 169 Å². The van der Waals surface area contributed by atoms with Crippen molar-refractivity contribution in [3.05, 3.63) is 40.9 Å². The number of nitriles is 1. The van der Waals surface area contributed by atoms with Crippen LogP contribution in [0.1, 0.15) is 39.7 Å². The highest BCUT2D eigenvalue weighted by Gasteiger charge is 2.63. The molecule has 1 aliphatic rings. The summed E-state index contributed by atoms with van der Waals surface area (Å²) in [6.07, 6.45) is 0.510. The summed E-state index contributed by atoms with van der Waals surface area (Å²) in [7, 11) is 0. The Kier molecular flexibility index (Phi) is 6.45. The number of hydrogen-bond donors (Lipinski definition) is 2. The molecule has 1 saturated carbocycles. The smallest absolute Gasteiger partial charge is 0.121 e. The van der Waals surface area contributed by atoms with E-state index < -0.39 is 5.01 Å². The first kappa shape index (κ1) is 21.2. The zero-order valence-corrected chi connectivity index (χ0v) is 18.0. The summed E-state index contributed by atoms with van der Waals surface area (Å²) < 4.78 is 6.26. The number of ether oxygens (including phenoxy) is 1. The van der Waals surface area contributed by atoms with Crippen LogP contribution in [0.4, 0.5) is 0 Å². The van der Waals surface area contributed by atoms with Gasteiger partial charge in [0, 0.05) is 35.9 Å². The van der Waals surface area contributed by atoms with Crippen LogP contribution in [0.5, 0.6) is 5.75 Å². The van der Waals surface area contributed by atoms with Gasteiger partial charge in [0.1, 0.15) is 22.9 Å². The van der Waals surface area contributed by atoms with Crippen LogP contribution in [0, 0.1) is 22.2 Å². The molecule has 0 spiro atoms. The molecule has 1 atom stereocenters. The highest BCUT2D eigenvalue weighted by molar-refractivity contribution is 9.09. The standard InChI is InChI=1S/C20H26BrClN2O2/c1-12(8-16(21)25)11-24-17-19(2,3)18(20(17,4)5)26-14-7-6-13(10-23)15(22)9-14/h6-7,9,16-18,24-25H,1,8,11H2,2-5H3/t16?,17-,18-. The Hall–Kier alpha value is -1.06. The fourth-order valence-electron chi connectivity index (χ4n) is 4.31. The molecule has 0 heterocycles. The lowest BCUT2D eigenvalue weighted by molar-refractivity contribution is -0.167. The third-order valence-electron chi connectivity index (χ3n) is 5.17. The van der Waals surface area contributed by atoms with Gasteiger partial charge in [-0.25, -0.2) is 0 Å². The summed E-state index contributed by atoms with van der Waals surface area (Å²) in [5.74, 6) is 0.672. The zero-order valence-electron chi connectivity index (χ0n) is 15.6. The lowest BCUT2D eigenvalue weighted by Crippen LogP contribution is -2.74. The average molecular weight is 442 g/mol. The second-order valence-corrected chi connectivity index (χ2v) is 9.56. The molecule has 1 unspecified atom stereocenters. The minimum absolute atomic E-state index is 0.00784. The first-order valence-electron chi connectivity index (χ1n) is 8.58. The summed E-state index contributed by atoms with van der Waals surface area (Å²) >= 11 is 9.26. The second kappa shape index (κ2) is 7.90. The van der Waals surface area contributed by atoms with Crippen LogP contribution in [-0.2, 0) is 0 Å². The maximum Gasteiger partial charge on any atom is 0.121 e. The van der Waals surface area contributed by atoms with Crippen LogP contribution in [0.2, 0.25) is 5.02 Å². The van der Waals surface area contributed by atoms with Crippen molar-refractivity contribution in [3.63, 3.8) is 0 Å². The quantitative estimate of drug-likeness (QED) is 0.478. The number of hydrogen-bond acceptors (Lipinski definition) is 4. The first-order valence-corrected chi connectivity index (χ1v) is 9.88. The van der Waals surface area contributed by atoms with Crippen LogP contribution in [0.25, 0.3) is 0 Å². The van der Waals surface area contributed by atoms with Gasteiger partial charge in [0.25, 0.3) is 0 Å². The van der Waals surface area contributed by atoms with Gasteiger partial charge in [-0.1, -0.05) is 67.4 Å².